The molecule has 4 atom stereocenters. The summed E-state index contributed by atoms with van der Waals surface area (Å²) in [5, 5.41) is 14.0. The van der Waals surface area contributed by atoms with Crippen molar-refractivity contribution in [2.45, 2.75) is 62.1 Å². The van der Waals surface area contributed by atoms with Crippen LogP contribution in [0.4, 0.5) is 0 Å². The van der Waals surface area contributed by atoms with Gasteiger partial charge >= 0.3 is 0 Å². The summed E-state index contributed by atoms with van der Waals surface area (Å²) in [5.41, 5.74) is 2.11. The molecule has 3 aromatic rings. The lowest BCUT2D eigenvalue weighted by atomic mass is 9.67. The van der Waals surface area contributed by atoms with Crippen LogP contribution in [-0.4, -0.2) is 95.5 Å². The Kier molecular flexibility index (Phi) is 9.85. The average molecular weight is 623 g/mol. The summed E-state index contributed by atoms with van der Waals surface area (Å²) in [7, 11) is 2.11. The van der Waals surface area contributed by atoms with Crippen molar-refractivity contribution in [2.75, 3.05) is 39.8 Å². The van der Waals surface area contributed by atoms with Crippen LogP contribution in [0.25, 0.3) is 0 Å². The normalized spacial score (nSPS) is 23.8. The molecule has 3 aliphatic heterocycles. The minimum absolute atomic E-state index is 0.0846. The number of β-amino-alcohol motifs (C(OH)–C–C–N with tert-alkyl or cyclic N) is 1. The van der Waals surface area contributed by atoms with E-state index in [2.05, 4.69) is 17.3 Å². The van der Waals surface area contributed by atoms with E-state index >= 15 is 0 Å². The molecule has 3 fully saturated rings. The van der Waals surface area contributed by atoms with Crippen LogP contribution in [0.2, 0.25) is 0 Å². The number of benzene rings is 3. The van der Waals surface area contributed by atoms with Crippen molar-refractivity contribution in [3.63, 3.8) is 0 Å². The molecule has 8 nitrogen and oxygen atoms in total. The minimum atomic E-state index is -0.817. The second-order valence-corrected chi connectivity index (χ2v) is 13.3. The van der Waals surface area contributed by atoms with Crippen molar-refractivity contribution in [1.29, 1.82) is 0 Å². The Hall–Kier alpha value is -4.01. The van der Waals surface area contributed by atoms with Gasteiger partial charge in [-0.2, -0.15) is 0 Å². The number of carbonyl (C=O) groups excluding carboxylic acids is 3. The van der Waals surface area contributed by atoms with Crippen molar-refractivity contribution in [3.8, 4) is 0 Å². The highest BCUT2D eigenvalue weighted by Gasteiger charge is 2.47. The topological polar surface area (TPSA) is 93.2 Å². The largest absolute Gasteiger partial charge is 0.391 e. The number of likely N-dealkylation sites (tertiary alicyclic amines) is 3. The lowest BCUT2D eigenvalue weighted by Gasteiger charge is -2.38. The molecule has 3 saturated heterocycles. The molecule has 3 heterocycles. The first-order valence-corrected chi connectivity index (χ1v) is 16.8. The summed E-state index contributed by atoms with van der Waals surface area (Å²) in [4.78, 5) is 47.6. The van der Waals surface area contributed by atoms with Gasteiger partial charge in [-0.25, -0.2) is 0 Å². The smallest absolute Gasteiger partial charge is 0.246 e. The summed E-state index contributed by atoms with van der Waals surface area (Å²) < 4.78 is 0. The van der Waals surface area contributed by atoms with Gasteiger partial charge in [0, 0.05) is 39.0 Å². The van der Waals surface area contributed by atoms with E-state index in [-0.39, 0.29) is 37.1 Å². The van der Waals surface area contributed by atoms with Crippen molar-refractivity contribution in [3.05, 3.63) is 108 Å². The van der Waals surface area contributed by atoms with Crippen LogP contribution in [0, 0.1) is 5.92 Å². The molecule has 8 heteroatoms. The summed E-state index contributed by atoms with van der Waals surface area (Å²) in [5.74, 6) is -0.157. The zero-order valence-electron chi connectivity index (χ0n) is 26.8. The fraction of sp³-hybridized carbons (Fsp3) is 0.447. The first kappa shape index (κ1) is 32.0. The van der Waals surface area contributed by atoms with Gasteiger partial charge in [-0.1, -0.05) is 91.0 Å². The number of amides is 3. The summed E-state index contributed by atoms with van der Waals surface area (Å²) in [6.45, 7) is 3.21. The molecular weight excluding hydrogens is 576 g/mol. The monoisotopic (exact) mass is 622 g/mol. The van der Waals surface area contributed by atoms with Crippen LogP contribution in [0.5, 0.6) is 0 Å². The Morgan fingerprint density at radius 1 is 0.761 bits per heavy atom. The molecule has 0 unspecified atom stereocenters. The minimum Gasteiger partial charge on any atom is -0.391 e. The molecule has 0 spiro atoms. The molecule has 3 aromatic carbocycles. The van der Waals surface area contributed by atoms with Gasteiger partial charge < -0.3 is 25.1 Å². The zero-order valence-corrected chi connectivity index (χ0v) is 26.8. The van der Waals surface area contributed by atoms with E-state index < -0.39 is 23.6 Å². The Bertz CT molecular complexity index is 1390. The maximum absolute atomic E-state index is 14.5. The second-order valence-electron chi connectivity index (χ2n) is 13.3. The van der Waals surface area contributed by atoms with E-state index in [1.165, 1.54) is 0 Å². The molecule has 46 heavy (non-hydrogen) atoms. The first-order valence-electron chi connectivity index (χ1n) is 16.8. The van der Waals surface area contributed by atoms with E-state index in [9.17, 15) is 19.5 Å². The van der Waals surface area contributed by atoms with Crippen LogP contribution in [-0.2, 0) is 19.8 Å². The Morgan fingerprint density at radius 2 is 1.33 bits per heavy atom. The predicted molar refractivity (Wildman–Crippen MR) is 178 cm³/mol. The number of aliphatic hydroxyl groups excluding tert-OH is 1. The molecular formula is C38H46N4O4. The molecule has 242 valence electrons. The lowest BCUT2D eigenvalue weighted by molar-refractivity contribution is -0.146. The number of aliphatic hydroxyl groups is 1. The molecule has 6 rings (SSSR count). The number of hydrogen-bond acceptors (Lipinski definition) is 5. The molecule has 2 N–H and O–H groups in total. The van der Waals surface area contributed by atoms with Gasteiger partial charge in [-0.05, 0) is 61.9 Å². The fourth-order valence-corrected chi connectivity index (χ4v) is 7.92. The van der Waals surface area contributed by atoms with Crippen molar-refractivity contribution in [2.24, 2.45) is 5.92 Å². The van der Waals surface area contributed by atoms with Crippen molar-refractivity contribution < 1.29 is 19.5 Å². The first-order chi connectivity index (χ1) is 22.4. The highest BCUT2D eigenvalue weighted by atomic mass is 16.3. The van der Waals surface area contributed by atoms with Gasteiger partial charge in [0.2, 0.25) is 17.7 Å². The quantitative estimate of drug-likeness (QED) is 0.354. The maximum atomic E-state index is 14.5. The molecule has 0 bridgehead atoms. The predicted octanol–water partition coefficient (Wildman–Crippen LogP) is 3.82. The summed E-state index contributed by atoms with van der Waals surface area (Å²) >= 11 is 0. The number of piperidine rings is 1. The number of nitrogens with one attached hydrogen (secondary N) is 1. The molecule has 0 aliphatic carbocycles. The Labute approximate surface area is 272 Å². The highest BCUT2D eigenvalue weighted by Crippen LogP contribution is 2.43. The average Bonchev–Trinajstić information content (AvgIpc) is 3.74. The number of rotatable bonds is 9. The van der Waals surface area contributed by atoms with Gasteiger partial charge in [0.15, 0.2) is 0 Å². The van der Waals surface area contributed by atoms with E-state index in [0.717, 1.165) is 49.0 Å². The van der Waals surface area contributed by atoms with Gasteiger partial charge in [0.1, 0.15) is 12.1 Å². The van der Waals surface area contributed by atoms with Gasteiger partial charge in [-0.3, -0.25) is 14.4 Å². The van der Waals surface area contributed by atoms with Crippen LogP contribution in [0.15, 0.2) is 91.0 Å². The van der Waals surface area contributed by atoms with Crippen LogP contribution in [0.1, 0.15) is 55.2 Å². The van der Waals surface area contributed by atoms with E-state index in [1.807, 2.05) is 91.0 Å². The molecule has 3 amide bonds. The molecule has 3 aliphatic rings. The maximum Gasteiger partial charge on any atom is 0.246 e. The zero-order chi connectivity index (χ0) is 32.1. The van der Waals surface area contributed by atoms with Crippen LogP contribution >= 0.6 is 0 Å². The lowest BCUT2D eigenvalue weighted by Crippen LogP contribution is -2.54. The second kappa shape index (κ2) is 14.2. The highest BCUT2D eigenvalue weighted by molar-refractivity contribution is 5.93. The van der Waals surface area contributed by atoms with Gasteiger partial charge in [0.05, 0.1) is 11.5 Å². The summed E-state index contributed by atoms with van der Waals surface area (Å²) in [6.07, 6.45) is 2.99. The van der Waals surface area contributed by atoms with Gasteiger partial charge in [-0.15, -0.1) is 0 Å². The Balaban J connectivity index is 1.25. The van der Waals surface area contributed by atoms with Crippen molar-refractivity contribution >= 4 is 17.7 Å². The Morgan fingerprint density at radius 3 is 1.89 bits per heavy atom. The molecule has 0 aromatic heterocycles. The third-order valence-electron chi connectivity index (χ3n) is 10.2. The van der Waals surface area contributed by atoms with Gasteiger partial charge in [0.25, 0.3) is 0 Å². The SMILES string of the molecule is CN1CCC[C@H](CNC(=O)[C@H]2CCCN2C(=O)[C@@H]2C[C@@H](O)CN2C(=O)CC(c2ccccc2)(c2ccccc2)c2ccccc2)C1. The van der Waals surface area contributed by atoms with E-state index in [4.69, 9.17) is 0 Å². The standard InChI is InChI=1S/C38H46N4O4/c1-40-21-11-13-28(26-40)25-39-36(45)33-20-12-22-41(33)37(46)34-23-32(43)27-42(34)35(44)24-38(29-14-5-2-6-15-29,30-16-7-3-8-17-30)31-18-9-4-10-19-31/h2-10,14-19,28,32-34,43H,11-13,20-27H2,1H3,(H,39,45)/t28-,32-,33-,34+/m1/s1. The number of carbonyl (C=O) groups is 3. The van der Waals surface area contributed by atoms with Crippen LogP contribution in [0.3, 0.4) is 0 Å². The van der Waals surface area contributed by atoms with Crippen molar-refractivity contribution in [1.82, 2.24) is 20.0 Å². The molecule has 0 saturated carbocycles. The third-order valence-corrected chi connectivity index (χ3v) is 10.2. The molecule has 0 radical (unpaired) electrons. The number of hydrogen-bond donors (Lipinski definition) is 2. The summed E-state index contributed by atoms with van der Waals surface area (Å²) in [6, 6.07) is 28.7. The van der Waals surface area contributed by atoms with E-state index in [1.54, 1.807) is 9.80 Å². The third kappa shape index (κ3) is 6.60. The van der Waals surface area contributed by atoms with E-state index in [0.29, 0.717) is 25.4 Å². The fourth-order valence-electron chi connectivity index (χ4n) is 7.92. The van der Waals surface area contributed by atoms with Crippen LogP contribution < -0.4 is 5.32 Å². The number of nitrogens with zero attached hydrogens (tertiary/aromatic N) is 3.